The number of aliphatic hydroxyl groups is 1. The molecule has 0 radical (unpaired) electrons. The summed E-state index contributed by atoms with van der Waals surface area (Å²) in [6.07, 6.45) is 3.02. The van der Waals surface area contributed by atoms with Crippen molar-refractivity contribution in [1.82, 2.24) is 20.1 Å². The van der Waals surface area contributed by atoms with Gasteiger partial charge in [0.1, 0.15) is 12.2 Å². The summed E-state index contributed by atoms with van der Waals surface area (Å²) >= 11 is 0. The average Bonchev–Trinajstić information content (AvgIpc) is 2.73. The molecule has 138 valence electrons. The second kappa shape index (κ2) is 8.33. The zero-order valence-corrected chi connectivity index (χ0v) is 14.3. The van der Waals surface area contributed by atoms with E-state index >= 15 is 0 Å². The Balaban J connectivity index is 2.15. The van der Waals surface area contributed by atoms with E-state index in [9.17, 15) is 14.0 Å². The van der Waals surface area contributed by atoms with E-state index in [4.69, 9.17) is 5.11 Å². The molecule has 0 spiro atoms. The standard InChI is InChI=1S/C19H17FN4O3/c20-11-13-3-5-14(6-4-13)17-10-16(18(26)22-8-9-25)19(27)24(23-17)15-2-1-7-21-12-15/h1-7,10,12,25H,8-9,11H2,(H,22,26). The minimum Gasteiger partial charge on any atom is -0.395 e. The number of hydrogen-bond donors (Lipinski definition) is 2. The van der Waals surface area contributed by atoms with Crippen LogP contribution in [0.25, 0.3) is 16.9 Å². The second-order valence-electron chi connectivity index (χ2n) is 5.68. The molecule has 0 aliphatic carbocycles. The first-order valence-electron chi connectivity index (χ1n) is 8.23. The van der Waals surface area contributed by atoms with Gasteiger partial charge < -0.3 is 10.4 Å². The molecule has 8 heteroatoms. The van der Waals surface area contributed by atoms with Gasteiger partial charge in [0.15, 0.2) is 0 Å². The highest BCUT2D eigenvalue weighted by molar-refractivity contribution is 5.94. The highest BCUT2D eigenvalue weighted by atomic mass is 19.1. The number of aromatic nitrogens is 3. The molecule has 0 unspecified atom stereocenters. The van der Waals surface area contributed by atoms with Crippen molar-refractivity contribution in [3.05, 3.63) is 76.3 Å². The van der Waals surface area contributed by atoms with E-state index in [0.717, 1.165) is 4.68 Å². The molecule has 27 heavy (non-hydrogen) atoms. The molecule has 3 aromatic rings. The molecule has 0 aliphatic rings. The van der Waals surface area contributed by atoms with Crippen molar-refractivity contribution >= 4 is 5.91 Å². The van der Waals surface area contributed by atoms with Crippen LogP contribution in [0.1, 0.15) is 15.9 Å². The van der Waals surface area contributed by atoms with Crippen molar-refractivity contribution in [3.63, 3.8) is 0 Å². The Hall–Kier alpha value is -3.39. The van der Waals surface area contributed by atoms with Gasteiger partial charge in [-0.3, -0.25) is 14.6 Å². The minimum atomic E-state index is -0.615. The van der Waals surface area contributed by atoms with Crippen molar-refractivity contribution in [1.29, 1.82) is 0 Å². The van der Waals surface area contributed by atoms with Gasteiger partial charge in [0.2, 0.25) is 0 Å². The van der Waals surface area contributed by atoms with Gasteiger partial charge >= 0.3 is 0 Å². The number of nitrogens with one attached hydrogen (secondary N) is 1. The summed E-state index contributed by atoms with van der Waals surface area (Å²) in [6, 6.07) is 11.2. The lowest BCUT2D eigenvalue weighted by atomic mass is 10.1. The molecule has 2 aromatic heterocycles. The fourth-order valence-electron chi connectivity index (χ4n) is 2.48. The van der Waals surface area contributed by atoms with Gasteiger partial charge in [-0.15, -0.1) is 0 Å². The van der Waals surface area contributed by atoms with Gasteiger partial charge in [-0.2, -0.15) is 9.78 Å². The molecule has 3 rings (SSSR count). The molecule has 0 atom stereocenters. The first-order chi connectivity index (χ1) is 13.1. The molecule has 2 N–H and O–H groups in total. The second-order valence-corrected chi connectivity index (χ2v) is 5.68. The summed E-state index contributed by atoms with van der Waals surface area (Å²) in [5, 5.41) is 15.7. The van der Waals surface area contributed by atoms with Crippen LogP contribution in [0.5, 0.6) is 0 Å². The SMILES string of the molecule is O=C(NCCO)c1cc(-c2ccc(CF)cc2)nn(-c2cccnc2)c1=O. The predicted molar refractivity (Wildman–Crippen MR) is 97.3 cm³/mol. The van der Waals surface area contributed by atoms with E-state index in [0.29, 0.717) is 22.5 Å². The molecule has 0 bridgehead atoms. The number of aliphatic hydroxyl groups excluding tert-OH is 1. The largest absolute Gasteiger partial charge is 0.395 e. The Bertz CT molecular complexity index is 988. The van der Waals surface area contributed by atoms with Gasteiger partial charge in [-0.05, 0) is 23.8 Å². The number of rotatable bonds is 6. The maximum atomic E-state index is 12.8. The Labute approximate surface area is 154 Å². The maximum absolute atomic E-state index is 12.8. The Morgan fingerprint density at radius 2 is 2.00 bits per heavy atom. The quantitative estimate of drug-likeness (QED) is 0.687. The molecule has 7 nitrogen and oxygen atoms in total. The number of pyridine rings is 1. The van der Waals surface area contributed by atoms with Crippen LogP contribution in [0.4, 0.5) is 4.39 Å². The van der Waals surface area contributed by atoms with Crippen LogP contribution in [-0.2, 0) is 6.67 Å². The zero-order chi connectivity index (χ0) is 19.2. The van der Waals surface area contributed by atoms with E-state index in [-0.39, 0.29) is 18.7 Å². The third-order valence-electron chi connectivity index (χ3n) is 3.85. The Morgan fingerprint density at radius 3 is 2.63 bits per heavy atom. The van der Waals surface area contributed by atoms with Crippen molar-refractivity contribution in [2.45, 2.75) is 6.67 Å². The van der Waals surface area contributed by atoms with Crippen molar-refractivity contribution in [2.24, 2.45) is 0 Å². The summed E-state index contributed by atoms with van der Waals surface area (Å²) < 4.78 is 13.8. The van der Waals surface area contributed by atoms with Crippen LogP contribution in [0.15, 0.2) is 59.7 Å². The molecule has 0 saturated heterocycles. The Kier molecular flexibility index (Phi) is 5.68. The summed E-state index contributed by atoms with van der Waals surface area (Å²) in [7, 11) is 0. The van der Waals surface area contributed by atoms with Crippen LogP contribution in [0, 0.1) is 0 Å². The summed E-state index contributed by atoms with van der Waals surface area (Å²) in [5.41, 5.74) is 1.19. The molecule has 2 heterocycles. The van der Waals surface area contributed by atoms with Crippen molar-refractivity contribution in [3.8, 4) is 16.9 Å². The fourth-order valence-corrected chi connectivity index (χ4v) is 2.48. The van der Waals surface area contributed by atoms with E-state index in [2.05, 4.69) is 15.4 Å². The summed E-state index contributed by atoms with van der Waals surface area (Å²) in [5.74, 6) is -0.615. The van der Waals surface area contributed by atoms with Gasteiger partial charge in [0.25, 0.3) is 11.5 Å². The zero-order valence-electron chi connectivity index (χ0n) is 14.3. The number of hydrogen-bond acceptors (Lipinski definition) is 5. The van der Waals surface area contributed by atoms with E-state index in [1.807, 2.05) is 0 Å². The lowest BCUT2D eigenvalue weighted by molar-refractivity contribution is 0.0942. The first kappa shape index (κ1) is 18.4. The van der Waals surface area contributed by atoms with Gasteiger partial charge in [-0.1, -0.05) is 24.3 Å². The monoisotopic (exact) mass is 368 g/mol. The van der Waals surface area contributed by atoms with Crippen LogP contribution in [0.3, 0.4) is 0 Å². The third kappa shape index (κ3) is 4.06. The van der Waals surface area contributed by atoms with Gasteiger partial charge in [0, 0.05) is 18.3 Å². The topological polar surface area (TPSA) is 97.1 Å². The number of amides is 1. The first-order valence-corrected chi connectivity index (χ1v) is 8.23. The number of benzene rings is 1. The summed E-state index contributed by atoms with van der Waals surface area (Å²) in [4.78, 5) is 29.1. The molecular weight excluding hydrogens is 351 g/mol. The maximum Gasteiger partial charge on any atom is 0.284 e. The lowest BCUT2D eigenvalue weighted by Gasteiger charge is -2.11. The third-order valence-corrected chi connectivity index (χ3v) is 3.85. The highest BCUT2D eigenvalue weighted by Gasteiger charge is 2.17. The molecule has 1 aromatic carbocycles. The minimum absolute atomic E-state index is 0.0218. The van der Waals surface area contributed by atoms with Crippen molar-refractivity contribution < 1.29 is 14.3 Å². The fraction of sp³-hybridized carbons (Fsp3) is 0.158. The molecule has 0 aliphatic heterocycles. The van der Waals surface area contributed by atoms with Crippen LogP contribution in [0.2, 0.25) is 0 Å². The van der Waals surface area contributed by atoms with E-state index in [1.54, 1.807) is 42.6 Å². The normalized spacial score (nSPS) is 10.6. The molecule has 1 amide bonds. The number of carbonyl (C=O) groups is 1. The van der Waals surface area contributed by atoms with Crippen LogP contribution in [-0.4, -0.2) is 38.9 Å². The average molecular weight is 368 g/mol. The van der Waals surface area contributed by atoms with E-state index < -0.39 is 18.1 Å². The number of alkyl halides is 1. The van der Waals surface area contributed by atoms with Crippen LogP contribution < -0.4 is 10.9 Å². The lowest BCUT2D eigenvalue weighted by Crippen LogP contribution is -2.35. The number of halogens is 1. The predicted octanol–water partition coefficient (Wildman–Crippen LogP) is 1.49. The molecular formula is C19H17FN4O3. The highest BCUT2D eigenvalue weighted by Crippen LogP contribution is 2.19. The van der Waals surface area contributed by atoms with E-state index in [1.165, 1.54) is 12.3 Å². The molecule has 0 fully saturated rings. The number of nitrogens with zero attached hydrogens (tertiary/aromatic N) is 3. The molecule has 0 saturated carbocycles. The van der Waals surface area contributed by atoms with Gasteiger partial charge in [0.05, 0.1) is 24.2 Å². The smallest absolute Gasteiger partial charge is 0.284 e. The summed E-state index contributed by atoms with van der Waals surface area (Å²) in [6.45, 7) is -0.809. The Morgan fingerprint density at radius 1 is 1.22 bits per heavy atom. The number of carbonyl (C=O) groups excluding carboxylic acids is 1. The van der Waals surface area contributed by atoms with Crippen LogP contribution >= 0.6 is 0 Å². The van der Waals surface area contributed by atoms with Crippen molar-refractivity contribution in [2.75, 3.05) is 13.2 Å². The van der Waals surface area contributed by atoms with Gasteiger partial charge in [-0.25, -0.2) is 4.39 Å².